The van der Waals surface area contributed by atoms with Gasteiger partial charge in [-0.25, -0.2) is 0 Å². The van der Waals surface area contributed by atoms with Crippen molar-refractivity contribution in [2.45, 2.75) is 25.7 Å². The van der Waals surface area contributed by atoms with E-state index in [1.807, 2.05) is 36.4 Å². The number of rotatable bonds is 4. The van der Waals surface area contributed by atoms with Crippen molar-refractivity contribution in [2.75, 3.05) is 12.4 Å². The minimum absolute atomic E-state index is 0.139. The summed E-state index contributed by atoms with van der Waals surface area (Å²) in [7, 11) is 0.233. The first-order valence-electron chi connectivity index (χ1n) is 6.94. The summed E-state index contributed by atoms with van der Waals surface area (Å²) in [5, 5.41) is 3.40. The molecule has 2 rings (SSSR count). The van der Waals surface area contributed by atoms with Gasteiger partial charge >= 0.3 is 0 Å². The van der Waals surface area contributed by atoms with Crippen LogP contribution in [-0.4, -0.2) is 15.2 Å². The fourth-order valence-electron chi connectivity index (χ4n) is 1.78. The van der Waals surface area contributed by atoms with Crippen molar-refractivity contribution in [3.63, 3.8) is 0 Å². The Morgan fingerprint density at radius 2 is 1.86 bits per heavy atom. The number of furan rings is 1. The van der Waals surface area contributed by atoms with Crippen molar-refractivity contribution in [3.8, 4) is 17.2 Å². The maximum absolute atomic E-state index is 5.50. The van der Waals surface area contributed by atoms with Gasteiger partial charge in [-0.05, 0) is 36.4 Å². The second-order valence-corrected chi connectivity index (χ2v) is 10.6. The summed E-state index contributed by atoms with van der Waals surface area (Å²) in [6.07, 6.45) is 1.67. The first kappa shape index (κ1) is 15.3. The van der Waals surface area contributed by atoms with Gasteiger partial charge in [0.05, 0.1) is 13.4 Å². The number of hydrogen-bond donors (Lipinski definition) is 1. The van der Waals surface area contributed by atoms with Crippen LogP contribution in [0.1, 0.15) is 11.8 Å². The Bertz CT molecular complexity index is 616. The van der Waals surface area contributed by atoms with Crippen molar-refractivity contribution in [3.05, 3.63) is 48.4 Å². The molecule has 0 radical (unpaired) electrons. The van der Waals surface area contributed by atoms with Crippen LogP contribution in [0, 0.1) is 11.5 Å². The number of methoxy groups -OCH3 is 1. The molecule has 0 aliphatic rings. The maximum atomic E-state index is 5.50. The van der Waals surface area contributed by atoms with Gasteiger partial charge in [0, 0.05) is 5.69 Å². The Kier molecular flexibility index (Phi) is 4.76. The molecule has 4 heteroatoms. The van der Waals surface area contributed by atoms with Gasteiger partial charge in [0.2, 0.25) is 0 Å². The average Bonchev–Trinajstić information content (AvgIpc) is 2.97. The lowest BCUT2D eigenvalue weighted by atomic mass is 10.2. The van der Waals surface area contributed by atoms with Gasteiger partial charge in [0.1, 0.15) is 25.6 Å². The molecule has 0 bridgehead atoms. The Hall–Kier alpha value is -2.12. The second kappa shape index (κ2) is 6.55. The van der Waals surface area contributed by atoms with E-state index in [-0.39, 0.29) is 6.04 Å². The van der Waals surface area contributed by atoms with E-state index in [0.29, 0.717) is 0 Å². The van der Waals surface area contributed by atoms with Crippen LogP contribution in [-0.2, 0) is 0 Å². The van der Waals surface area contributed by atoms with Gasteiger partial charge in [-0.2, -0.15) is 0 Å². The number of nitrogens with one attached hydrogen (secondary N) is 1. The molecule has 0 saturated carbocycles. The Balaban J connectivity index is 2.21. The molecule has 2 aromatic rings. The Labute approximate surface area is 127 Å². The first-order chi connectivity index (χ1) is 9.98. The van der Waals surface area contributed by atoms with Crippen LogP contribution in [0.15, 0.2) is 47.1 Å². The van der Waals surface area contributed by atoms with Crippen LogP contribution in [0.5, 0.6) is 5.75 Å². The zero-order valence-electron chi connectivity index (χ0n) is 12.9. The number of hydrogen-bond acceptors (Lipinski definition) is 3. The third-order valence-corrected chi connectivity index (χ3v) is 3.71. The largest absolute Gasteiger partial charge is 0.497 e. The van der Waals surface area contributed by atoms with Crippen LogP contribution in [0.25, 0.3) is 0 Å². The maximum Gasteiger partial charge on any atom is 0.146 e. The predicted octanol–water partition coefficient (Wildman–Crippen LogP) is 4.32. The van der Waals surface area contributed by atoms with Crippen LogP contribution in [0.3, 0.4) is 0 Å². The summed E-state index contributed by atoms with van der Waals surface area (Å²) in [5.74, 6) is 4.98. The van der Waals surface area contributed by atoms with Crippen molar-refractivity contribution in [1.82, 2.24) is 0 Å². The van der Waals surface area contributed by atoms with Gasteiger partial charge in [0.25, 0.3) is 0 Å². The quantitative estimate of drug-likeness (QED) is 0.674. The van der Waals surface area contributed by atoms with E-state index in [1.54, 1.807) is 13.4 Å². The molecule has 0 aliphatic heterocycles. The molecule has 3 nitrogen and oxygen atoms in total. The van der Waals surface area contributed by atoms with E-state index in [1.165, 1.54) is 0 Å². The molecule has 1 heterocycles. The lowest BCUT2D eigenvalue weighted by molar-refractivity contribution is 0.415. The third-order valence-electron chi connectivity index (χ3n) is 2.82. The molecule has 1 aromatic heterocycles. The summed E-state index contributed by atoms with van der Waals surface area (Å²) in [4.78, 5) is 0. The van der Waals surface area contributed by atoms with Gasteiger partial charge in [-0.3, -0.25) is 0 Å². The van der Waals surface area contributed by atoms with Crippen LogP contribution in [0.4, 0.5) is 5.69 Å². The molecule has 0 amide bonds. The summed E-state index contributed by atoms with van der Waals surface area (Å²) in [6, 6.07) is 11.5. The smallest absolute Gasteiger partial charge is 0.146 e. The van der Waals surface area contributed by atoms with Crippen molar-refractivity contribution >= 4 is 13.8 Å². The normalized spacial score (nSPS) is 12.2. The second-order valence-electron chi connectivity index (χ2n) is 5.84. The fraction of sp³-hybridized carbons (Fsp3) is 0.294. The fourth-order valence-corrected chi connectivity index (χ4v) is 2.35. The highest BCUT2D eigenvalue weighted by Crippen LogP contribution is 2.22. The standard InChI is InChI=1S/C17H21NO2Si/c1-19-15-9-7-14(8-10-15)18-16(11-13-21(2,3)4)17-6-5-12-20-17/h5-10,12,16,18H,1-4H3. The minimum atomic E-state index is -1.43. The van der Waals surface area contributed by atoms with Gasteiger partial charge in [-0.15, -0.1) is 5.54 Å². The molecule has 0 fully saturated rings. The van der Waals surface area contributed by atoms with Gasteiger partial charge < -0.3 is 14.5 Å². The summed E-state index contributed by atoms with van der Waals surface area (Å²) in [6.45, 7) is 6.69. The molecule has 21 heavy (non-hydrogen) atoms. The van der Waals surface area contributed by atoms with E-state index < -0.39 is 8.07 Å². The highest BCUT2D eigenvalue weighted by Gasteiger charge is 2.14. The van der Waals surface area contributed by atoms with Crippen LogP contribution < -0.4 is 10.1 Å². The average molecular weight is 299 g/mol. The SMILES string of the molecule is COc1ccc(NC(C#C[Si](C)(C)C)c2ccco2)cc1. The van der Waals surface area contributed by atoms with E-state index in [2.05, 4.69) is 36.4 Å². The van der Waals surface area contributed by atoms with Gasteiger partial charge in [-0.1, -0.05) is 25.6 Å². The zero-order valence-corrected chi connectivity index (χ0v) is 13.9. The summed E-state index contributed by atoms with van der Waals surface area (Å²) < 4.78 is 10.7. The van der Waals surface area contributed by atoms with Crippen LogP contribution in [0.2, 0.25) is 19.6 Å². The van der Waals surface area contributed by atoms with Crippen molar-refractivity contribution < 1.29 is 9.15 Å². The zero-order chi connectivity index (χ0) is 15.3. The minimum Gasteiger partial charge on any atom is -0.497 e. The lowest BCUT2D eigenvalue weighted by Gasteiger charge is -2.14. The highest BCUT2D eigenvalue weighted by atomic mass is 28.3. The van der Waals surface area contributed by atoms with E-state index in [4.69, 9.17) is 9.15 Å². The predicted molar refractivity (Wildman–Crippen MR) is 89.2 cm³/mol. The molecule has 110 valence electrons. The number of anilines is 1. The third kappa shape index (κ3) is 4.73. The van der Waals surface area contributed by atoms with E-state index in [0.717, 1.165) is 17.2 Å². The van der Waals surface area contributed by atoms with E-state index >= 15 is 0 Å². The molecule has 1 N–H and O–H groups in total. The van der Waals surface area contributed by atoms with Crippen molar-refractivity contribution in [2.24, 2.45) is 0 Å². The van der Waals surface area contributed by atoms with Crippen LogP contribution >= 0.6 is 0 Å². The molecular weight excluding hydrogens is 278 g/mol. The molecule has 0 saturated heterocycles. The number of ether oxygens (including phenoxy) is 1. The van der Waals surface area contributed by atoms with Crippen molar-refractivity contribution in [1.29, 1.82) is 0 Å². The molecule has 0 aliphatic carbocycles. The number of benzene rings is 1. The lowest BCUT2D eigenvalue weighted by Crippen LogP contribution is -2.18. The Morgan fingerprint density at radius 1 is 1.14 bits per heavy atom. The monoisotopic (exact) mass is 299 g/mol. The molecule has 1 aromatic carbocycles. The first-order valence-corrected chi connectivity index (χ1v) is 10.4. The summed E-state index contributed by atoms with van der Waals surface area (Å²) >= 11 is 0. The van der Waals surface area contributed by atoms with Gasteiger partial charge in [0.15, 0.2) is 0 Å². The molecule has 1 atom stereocenters. The molecule has 0 spiro atoms. The highest BCUT2D eigenvalue weighted by molar-refractivity contribution is 6.83. The Morgan fingerprint density at radius 3 is 2.38 bits per heavy atom. The topological polar surface area (TPSA) is 34.4 Å². The molecule has 1 unspecified atom stereocenters. The summed E-state index contributed by atoms with van der Waals surface area (Å²) in [5.41, 5.74) is 4.38. The van der Waals surface area contributed by atoms with E-state index in [9.17, 15) is 0 Å². The molecular formula is C17H21NO2Si.